The van der Waals surface area contributed by atoms with Crippen LogP contribution in [0, 0.1) is 5.41 Å². The van der Waals surface area contributed by atoms with Gasteiger partial charge in [0.15, 0.2) is 11.5 Å². The van der Waals surface area contributed by atoms with Crippen LogP contribution in [0.4, 0.5) is 10.5 Å². The highest BCUT2D eigenvalue weighted by Gasteiger charge is 2.43. The number of aryl methyl sites for hydroxylation is 1. The topological polar surface area (TPSA) is 202 Å². The highest BCUT2D eigenvalue weighted by molar-refractivity contribution is 6.38. The van der Waals surface area contributed by atoms with Crippen molar-refractivity contribution in [2.45, 2.75) is 103 Å². The Morgan fingerprint density at radius 2 is 1.48 bits per heavy atom. The Labute approximate surface area is 414 Å². The third kappa shape index (κ3) is 13.6. The molecule has 2 aliphatic rings. The number of fused-ring (bicyclic) bond motifs is 3. The van der Waals surface area contributed by atoms with Crippen molar-refractivity contribution in [1.82, 2.24) is 10.2 Å². The van der Waals surface area contributed by atoms with Crippen molar-refractivity contribution in [3.05, 3.63) is 126 Å². The highest BCUT2D eigenvalue weighted by Crippen LogP contribution is 2.44. The van der Waals surface area contributed by atoms with Crippen molar-refractivity contribution in [2.24, 2.45) is 5.41 Å². The van der Waals surface area contributed by atoms with E-state index >= 15 is 0 Å². The summed E-state index contributed by atoms with van der Waals surface area (Å²) in [6, 6.07) is 25.3. The van der Waals surface area contributed by atoms with E-state index in [1.54, 1.807) is 51.1 Å². The number of anilines is 1. The fourth-order valence-corrected chi connectivity index (χ4v) is 8.62. The van der Waals surface area contributed by atoms with Gasteiger partial charge in [-0.3, -0.25) is 14.4 Å². The van der Waals surface area contributed by atoms with Gasteiger partial charge in [0.1, 0.15) is 37.0 Å². The molecule has 3 atom stereocenters. The molecule has 0 spiro atoms. The predicted molar refractivity (Wildman–Crippen MR) is 264 cm³/mol. The number of rotatable bonds is 20. The number of alkyl carbamates (subject to hydrolysis) is 1. The van der Waals surface area contributed by atoms with E-state index in [-0.39, 0.29) is 38.5 Å². The second kappa shape index (κ2) is 23.4. The number of methoxy groups -OCH3 is 2. The number of hydrogen-bond acceptors (Lipinski definition) is 13. The SMILES string of the molecule is C=CC(=O)OCC(C)(C)C(=O)C(=O)N1CCCC[C@H]1C(=O)O[C@H](CCc1ccc(OC)c(OC)c1)c1cccc(NC(=O)C[C@H](NC(=O)OCC2c3ccccc3-c3ccccc32)C(=O)OC(C)(C)C)c1. The van der Waals surface area contributed by atoms with Gasteiger partial charge >= 0.3 is 24.0 Å². The van der Waals surface area contributed by atoms with E-state index in [0.717, 1.165) is 33.9 Å². The van der Waals surface area contributed by atoms with Crippen LogP contribution < -0.4 is 20.1 Å². The number of piperidine rings is 1. The molecule has 1 saturated heterocycles. The van der Waals surface area contributed by atoms with Crippen molar-refractivity contribution >= 4 is 47.3 Å². The average molecular weight is 974 g/mol. The molecule has 2 N–H and O–H groups in total. The molecule has 3 amide bonds. The molecule has 16 heteroatoms. The molecule has 0 aromatic heterocycles. The van der Waals surface area contributed by atoms with Crippen molar-refractivity contribution in [2.75, 3.05) is 39.3 Å². The Hall–Kier alpha value is -7.49. The number of ether oxygens (including phenoxy) is 6. The van der Waals surface area contributed by atoms with E-state index in [1.807, 2.05) is 60.7 Å². The number of amides is 3. The second-order valence-corrected chi connectivity index (χ2v) is 19.1. The molecule has 71 heavy (non-hydrogen) atoms. The summed E-state index contributed by atoms with van der Waals surface area (Å²) < 4.78 is 33.6. The minimum atomic E-state index is -1.43. The Balaban J connectivity index is 1.19. The Morgan fingerprint density at radius 1 is 0.803 bits per heavy atom. The lowest BCUT2D eigenvalue weighted by Gasteiger charge is -2.36. The van der Waals surface area contributed by atoms with Gasteiger partial charge in [-0.2, -0.15) is 0 Å². The number of esters is 3. The lowest BCUT2D eigenvalue weighted by atomic mass is 9.87. The summed E-state index contributed by atoms with van der Waals surface area (Å²) in [6.07, 6.45) is 0.623. The molecule has 1 aliphatic carbocycles. The predicted octanol–water partition coefficient (Wildman–Crippen LogP) is 8.20. The molecule has 4 aromatic rings. The van der Waals surface area contributed by atoms with Crippen molar-refractivity contribution < 1.29 is 62.0 Å². The number of hydrogen-bond donors (Lipinski definition) is 2. The number of likely N-dealkylation sites (tertiary alicyclic amines) is 1. The fourth-order valence-electron chi connectivity index (χ4n) is 8.62. The summed E-state index contributed by atoms with van der Waals surface area (Å²) in [4.78, 5) is 95.4. The van der Waals surface area contributed by atoms with E-state index in [0.29, 0.717) is 42.0 Å². The maximum atomic E-state index is 14.3. The molecule has 0 bridgehead atoms. The Kier molecular flexibility index (Phi) is 17.4. The maximum absolute atomic E-state index is 14.3. The van der Waals surface area contributed by atoms with Crippen LogP contribution in [-0.4, -0.2) is 98.2 Å². The molecule has 0 unspecified atom stereocenters. The standard InChI is InChI=1S/C55H63N3O13/c1-9-48(60)69-33-55(5,6)49(61)50(62)58-28-15-14-23-43(58)52(64)70-44(26-24-34-25-27-45(66-7)46(29-34)67-8)35-17-16-18-36(30-35)56-47(59)31-42(51(63)71-54(2,3)4)57-53(65)68-32-41-39-21-12-10-19-37(39)38-20-11-13-22-40(38)41/h9-13,16-22,25,27,29-30,41-44H,1,14-15,23-24,26,28,31-33H2,2-8H3,(H,56,59)(H,57,65)/t42-,43-,44+/m0/s1. The van der Waals surface area contributed by atoms with Crippen molar-refractivity contribution in [3.63, 3.8) is 0 Å². The van der Waals surface area contributed by atoms with Crippen LogP contribution in [0.25, 0.3) is 11.1 Å². The molecule has 4 aromatic carbocycles. The number of carbonyl (C=O) groups excluding carboxylic acids is 7. The van der Waals surface area contributed by atoms with Crippen molar-refractivity contribution in [1.29, 1.82) is 0 Å². The molecule has 1 heterocycles. The Bertz CT molecular complexity index is 2590. The molecule has 0 radical (unpaired) electrons. The van der Waals surface area contributed by atoms with Crippen LogP contribution in [0.2, 0.25) is 0 Å². The number of carbonyl (C=O) groups is 7. The first-order valence-electron chi connectivity index (χ1n) is 23.6. The van der Waals surface area contributed by atoms with Gasteiger partial charge in [-0.05, 0) is 124 Å². The third-order valence-electron chi connectivity index (χ3n) is 12.2. The van der Waals surface area contributed by atoms with Gasteiger partial charge in [0.05, 0.1) is 26.1 Å². The molecular weight excluding hydrogens is 911 g/mol. The van der Waals surface area contributed by atoms with E-state index in [1.165, 1.54) is 33.0 Å². The zero-order valence-corrected chi connectivity index (χ0v) is 41.4. The summed E-state index contributed by atoms with van der Waals surface area (Å²) >= 11 is 0. The zero-order valence-electron chi connectivity index (χ0n) is 41.4. The lowest BCUT2D eigenvalue weighted by molar-refractivity contribution is -0.165. The van der Waals surface area contributed by atoms with Gasteiger partial charge in [-0.15, -0.1) is 0 Å². The van der Waals surface area contributed by atoms with E-state index in [2.05, 4.69) is 17.2 Å². The van der Waals surface area contributed by atoms with Gasteiger partial charge in [-0.25, -0.2) is 19.2 Å². The first-order valence-corrected chi connectivity index (χ1v) is 23.6. The Morgan fingerprint density at radius 3 is 2.13 bits per heavy atom. The number of ketones is 1. The molecule has 376 valence electrons. The summed E-state index contributed by atoms with van der Waals surface area (Å²) in [7, 11) is 3.05. The first kappa shape index (κ1) is 52.9. The van der Waals surface area contributed by atoms with Gasteiger partial charge in [-0.1, -0.05) is 73.3 Å². The number of Topliss-reactive ketones (excluding diaryl/α,β-unsaturated/α-hetero) is 1. The van der Waals surface area contributed by atoms with Crippen LogP contribution >= 0.6 is 0 Å². The fraction of sp³-hybridized carbons (Fsp3) is 0.400. The molecule has 6 rings (SSSR count). The van der Waals surface area contributed by atoms with Gasteiger partial charge in [0.2, 0.25) is 11.7 Å². The number of benzene rings is 4. The van der Waals surface area contributed by atoms with E-state index < -0.39 is 77.2 Å². The van der Waals surface area contributed by atoms with Crippen LogP contribution in [0.3, 0.4) is 0 Å². The highest BCUT2D eigenvalue weighted by atomic mass is 16.6. The summed E-state index contributed by atoms with van der Waals surface area (Å²) in [5.74, 6) is -3.87. The van der Waals surface area contributed by atoms with Crippen molar-refractivity contribution in [3.8, 4) is 22.6 Å². The summed E-state index contributed by atoms with van der Waals surface area (Å²) in [5, 5.41) is 5.36. The molecule has 1 fully saturated rings. The van der Waals surface area contributed by atoms with Crippen LogP contribution in [0.5, 0.6) is 11.5 Å². The number of nitrogens with zero attached hydrogens (tertiary/aromatic N) is 1. The number of nitrogens with one attached hydrogen (secondary N) is 2. The third-order valence-corrected chi connectivity index (χ3v) is 12.2. The average Bonchev–Trinajstić information content (AvgIpc) is 3.68. The largest absolute Gasteiger partial charge is 0.493 e. The van der Waals surface area contributed by atoms with Gasteiger partial charge in [0, 0.05) is 24.2 Å². The van der Waals surface area contributed by atoms with E-state index in [4.69, 9.17) is 28.4 Å². The monoisotopic (exact) mass is 973 g/mol. The van der Waals surface area contributed by atoms with Crippen LogP contribution in [0.15, 0.2) is 104 Å². The molecule has 1 aliphatic heterocycles. The first-order chi connectivity index (χ1) is 33.8. The molecular formula is C55H63N3O13. The molecule has 16 nitrogen and oxygen atoms in total. The van der Waals surface area contributed by atoms with Gasteiger partial charge in [0.25, 0.3) is 5.91 Å². The second-order valence-electron chi connectivity index (χ2n) is 19.1. The normalized spacial score (nSPS) is 15.1. The maximum Gasteiger partial charge on any atom is 0.407 e. The van der Waals surface area contributed by atoms with Crippen LogP contribution in [-0.2, 0) is 54.1 Å². The quantitative estimate of drug-likeness (QED) is 0.0372. The minimum Gasteiger partial charge on any atom is -0.493 e. The summed E-state index contributed by atoms with van der Waals surface area (Å²) in [5.41, 5.74) is 3.41. The lowest BCUT2D eigenvalue weighted by Crippen LogP contribution is -2.53. The van der Waals surface area contributed by atoms with E-state index in [9.17, 15) is 33.6 Å². The summed E-state index contributed by atoms with van der Waals surface area (Å²) in [6.45, 7) is 11.1. The minimum absolute atomic E-state index is 0.0158. The smallest absolute Gasteiger partial charge is 0.407 e. The zero-order chi connectivity index (χ0) is 51.5. The van der Waals surface area contributed by atoms with Crippen LogP contribution in [0.1, 0.15) is 101 Å². The van der Waals surface area contributed by atoms with Gasteiger partial charge < -0.3 is 44.0 Å². The molecule has 0 saturated carbocycles.